The van der Waals surface area contributed by atoms with Gasteiger partial charge in [-0.25, -0.2) is 0 Å². The minimum absolute atomic E-state index is 0.105. The standard InChI is InChI=1S/C22H26N2O4/c1-22(2,3)23-21(26)20-17-7-5-6-8-18(17)28-14-19(25)24(20)13-15-9-11-16(27-4)12-10-15/h5-12,20H,13-14H2,1-4H3,(H,23,26). The van der Waals surface area contributed by atoms with Crippen molar-refractivity contribution in [2.75, 3.05) is 13.7 Å². The van der Waals surface area contributed by atoms with E-state index in [1.807, 2.05) is 63.2 Å². The first-order chi connectivity index (χ1) is 13.3. The summed E-state index contributed by atoms with van der Waals surface area (Å²) >= 11 is 0. The quantitative estimate of drug-likeness (QED) is 0.882. The van der Waals surface area contributed by atoms with E-state index in [4.69, 9.17) is 9.47 Å². The Morgan fingerprint density at radius 3 is 2.50 bits per heavy atom. The summed E-state index contributed by atoms with van der Waals surface area (Å²) in [6, 6.07) is 14.0. The van der Waals surface area contributed by atoms with Gasteiger partial charge in [-0.05, 0) is 44.5 Å². The Bertz CT molecular complexity index is 856. The van der Waals surface area contributed by atoms with E-state index in [9.17, 15) is 9.59 Å². The first-order valence-corrected chi connectivity index (χ1v) is 9.24. The zero-order chi connectivity index (χ0) is 20.3. The molecule has 0 saturated heterocycles. The molecule has 28 heavy (non-hydrogen) atoms. The van der Waals surface area contributed by atoms with Crippen LogP contribution in [-0.4, -0.2) is 36.0 Å². The van der Waals surface area contributed by atoms with E-state index < -0.39 is 11.6 Å². The van der Waals surface area contributed by atoms with E-state index >= 15 is 0 Å². The number of hydrogen-bond acceptors (Lipinski definition) is 4. The molecule has 6 nitrogen and oxygen atoms in total. The SMILES string of the molecule is COc1ccc(CN2C(=O)COc3ccccc3C2C(=O)NC(C)(C)C)cc1. The highest BCUT2D eigenvalue weighted by Crippen LogP contribution is 2.34. The molecule has 1 atom stereocenters. The van der Waals surface area contributed by atoms with E-state index in [-0.39, 0.29) is 18.4 Å². The summed E-state index contributed by atoms with van der Waals surface area (Å²) in [4.78, 5) is 27.7. The number of para-hydroxylation sites is 1. The molecule has 2 aromatic rings. The molecule has 1 aliphatic rings. The van der Waals surface area contributed by atoms with Crippen LogP contribution in [0.2, 0.25) is 0 Å². The summed E-state index contributed by atoms with van der Waals surface area (Å²) in [6.45, 7) is 5.94. The highest BCUT2D eigenvalue weighted by Gasteiger charge is 2.37. The lowest BCUT2D eigenvalue weighted by Gasteiger charge is -2.32. The summed E-state index contributed by atoms with van der Waals surface area (Å²) in [5.74, 6) is 0.831. The Labute approximate surface area is 165 Å². The fraction of sp³-hybridized carbons (Fsp3) is 0.364. The van der Waals surface area contributed by atoms with Crippen LogP contribution in [0.5, 0.6) is 11.5 Å². The number of amides is 2. The van der Waals surface area contributed by atoms with Crippen LogP contribution in [0.15, 0.2) is 48.5 Å². The van der Waals surface area contributed by atoms with Gasteiger partial charge in [0.25, 0.3) is 5.91 Å². The smallest absolute Gasteiger partial charge is 0.261 e. The Morgan fingerprint density at radius 1 is 1.18 bits per heavy atom. The molecular weight excluding hydrogens is 356 g/mol. The number of ether oxygens (including phenoxy) is 2. The van der Waals surface area contributed by atoms with Gasteiger partial charge in [0.1, 0.15) is 17.5 Å². The number of carbonyl (C=O) groups is 2. The summed E-state index contributed by atoms with van der Waals surface area (Å²) in [7, 11) is 1.61. The number of hydrogen-bond donors (Lipinski definition) is 1. The fourth-order valence-corrected chi connectivity index (χ4v) is 3.20. The third-order valence-corrected chi connectivity index (χ3v) is 4.46. The number of rotatable bonds is 4. The van der Waals surface area contributed by atoms with Gasteiger partial charge >= 0.3 is 0 Å². The molecule has 1 aliphatic heterocycles. The van der Waals surface area contributed by atoms with Crippen LogP contribution in [0, 0.1) is 0 Å². The molecule has 0 spiro atoms. The highest BCUT2D eigenvalue weighted by atomic mass is 16.5. The lowest BCUT2D eigenvalue weighted by atomic mass is 10.0. The van der Waals surface area contributed by atoms with Crippen LogP contribution in [-0.2, 0) is 16.1 Å². The molecule has 2 amide bonds. The van der Waals surface area contributed by atoms with E-state index in [1.165, 1.54) is 0 Å². The van der Waals surface area contributed by atoms with Crippen LogP contribution >= 0.6 is 0 Å². The van der Waals surface area contributed by atoms with Gasteiger partial charge in [-0.2, -0.15) is 0 Å². The molecule has 0 fully saturated rings. The molecular formula is C22H26N2O4. The van der Waals surface area contributed by atoms with E-state index in [0.29, 0.717) is 17.9 Å². The van der Waals surface area contributed by atoms with E-state index in [2.05, 4.69) is 5.32 Å². The van der Waals surface area contributed by atoms with Crippen LogP contribution < -0.4 is 14.8 Å². The Hall–Kier alpha value is -3.02. The van der Waals surface area contributed by atoms with Crippen molar-refractivity contribution in [3.05, 3.63) is 59.7 Å². The average Bonchev–Trinajstić information content (AvgIpc) is 2.78. The molecule has 6 heteroatoms. The van der Waals surface area contributed by atoms with Crippen molar-refractivity contribution in [1.29, 1.82) is 0 Å². The van der Waals surface area contributed by atoms with Gasteiger partial charge in [-0.1, -0.05) is 30.3 Å². The minimum atomic E-state index is -0.771. The molecule has 1 N–H and O–H groups in total. The number of nitrogens with zero attached hydrogens (tertiary/aromatic N) is 1. The second-order valence-electron chi connectivity index (χ2n) is 7.84. The number of nitrogens with one attached hydrogen (secondary N) is 1. The molecule has 0 saturated carbocycles. The Balaban J connectivity index is 1.99. The van der Waals surface area contributed by atoms with E-state index in [1.54, 1.807) is 18.1 Å². The van der Waals surface area contributed by atoms with Crippen molar-refractivity contribution in [3.8, 4) is 11.5 Å². The topological polar surface area (TPSA) is 67.9 Å². The second-order valence-corrected chi connectivity index (χ2v) is 7.84. The predicted molar refractivity (Wildman–Crippen MR) is 106 cm³/mol. The largest absolute Gasteiger partial charge is 0.497 e. The average molecular weight is 382 g/mol. The maximum absolute atomic E-state index is 13.2. The van der Waals surface area contributed by atoms with Crippen molar-refractivity contribution in [1.82, 2.24) is 10.2 Å². The van der Waals surface area contributed by atoms with Crippen molar-refractivity contribution in [2.45, 2.75) is 38.9 Å². The van der Waals surface area contributed by atoms with Crippen molar-refractivity contribution in [2.24, 2.45) is 0 Å². The molecule has 3 rings (SSSR count). The molecule has 2 aromatic carbocycles. The van der Waals surface area contributed by atoms with Crippen molar-refractivity contribution < 1.29 is 19.1 Å². The highest BCUT2D eigenvalue weighted by molar-refractivity contribution is 5.91. The lowest BCUT2D eigenvalue weighted by Crippen LogP contribution is -2.49. The van der Waals surface area contributed by atoms with Gasteiger partial charge < -0.3 is 19.7 Å². The molecule has 1 heterocycles. The van der Waals surface area contributed by atoms with Crippen LogP contribution in [0.3, 0.4) is 0 Å². The number of carbonyl (C=O) groups excluding carboxylic acids is 2. The Morgan fingerprint density at radius 2 is 1.86 bits per heavy atom. The van der Waals surface area contributed by atoms with Crippen LogP contribution in [0.4, 0.5) is 0 Å². The van der Waals surface area contributed by atoms with Crippen molar-refractivity contribution in [3.63, 3.8) is 0 Å². The number of methoxy groups -OCH3 is 1. The van der Waals surface area contributed by atoms with Gasteiger partial charge in [0.15, 0.2) is 6.61 Å². The molecule has 0 radical (unpaired) electrons. The van der Waals surface area contributed by atoms with Gasteiger partial charge in [0, 0.05) is 17.6 Å². The minimum Gasteiger partial charge on any atom is -0.497 e. The van der Waals surface area contributed by atoms with E-state index in [0.717, 1.165) is 11.3 Å². The molecule has 1 unspecified atom stereocenters. The first kappa shape index (κ1) is 19.7. The summed E-state index contributed by atoms with van der Waals surface area (Å²) in [5.41, 5.74) is 1.17. The summed E-state index contributed by atoms with van der Waals surface area (Å²) < 4.78 is 10.9. The molecule has 0 aromatic heterocycles. The second kappa shape index (κ2) is 7.92. The van der Waals surface area contributed by atoms with Crippen molar-refractivity contribution >= 4 is 11.8 Å². The van der Waals surface area contributed by atoms with Crippen LogP contribution in [0.25, 0.3) is 0 Å². The summed E-state index contributed by atoms with van der Waals surface area (Å²) in [6.07, 6.45) is 0. The molecule has 0 bridgehead atoms. The lowest BCUT2D eigenvalue weighted by molar-refractivity contribution is -0.142. The zero-order valence-corrected chi connectivity index (χ0v) is 16.7. The predicted octanol–water partition coefficient (Wildman–Crippen LogP) is 3.07. The fourth-order valence-electron chi connectivity index (χ4n) is 3.20. The van der Waals surface area contributed by atoms with Gasteiger partial charge in [0.2, 0.25) is 5.91 Å². The number of fused-ring (bicyclic) bond motifs is 1. The molecule has 148 valence electrons. The van der Waals surface area contributed by atoms with Gasteiger partial charge in [0.05, 0.1) is 7.11 Å². The monoisotopic (exact) mass is 382 g/mol. The third-order valence-electron chi connectivity index (χ3n) is 4.46. The van der Waals surface area contributed by atoms with Crippen LogP contribution in [0.1, 0.15) is 37.9 Å². The first-order valence-electron chi connectivity index (χ1n) is 9.24. The zero-order valence-electron chi connectivity index (χ0n) is 16.7. The molecule has 0 aliphatic carbocycles. The third kappa shape index (κ3) is 4.44. The number of benzene rings is 2. The van der Waals surface area contributed by atoms with Gasteiger partial charge in [-0.15, -0.1) is 0 Å². The normalized spacial score (nSPS) is 16.6. The Kier molecular flexibility index (Phi) is 5.58. The summed E-state index contributed by atoms with van der Waals surface area (Å²) in [5, 5.41) is 3.00. The van der Waals surface area contributed by atoms with Gasteiger partial charge in [-0.3, -0.25) is 9.59 Å². The maximum Gasteiger partial charge on any atom is 0.261 e. The maximum atomic E-state index is 13.2.